The average molecular weight is 347 g/mol. The van der Waals surface area contributed by atoms with E-state index in [-0.39, 0.29) is 17.3 Å². The van der Waals surface area contributed by atoms with Crippen LogP contribution in [-0.2, 0) is 13.1 Å². The molecule has 0 aliphatic carbocycles. The summed E-state index contributed by atoms with van der Waals surface area (Å²) in [5.41, 5.74) is 2.82. The number of nitrogens with one attached hydrogen (secondary N) is 1. The van der Waals surface area contributed by atoms with E-state index in [1.807, 2.05) is 30.3 Å². The highest BCUT2D eigenvalue weighted by molar-refractivity contribution is 6.04. The SMILES string of the molecule is O=C1Nc2cc(=O)n(Cc3ccccc3)cc2CN1c1cccc(O)c1. The Bertz CT molecular complexity index is 1030. The normalized spacial score (nSPS) is 13.2. The minimum Gasteiger partial charge on any atom is -0.508 e. The molecule has 0 fully saturated rings. The number of urea groups is 1. The van der Waals surface area contributed by atoms with Crippen molar-refractivity contribution in [3.05, 3.63) is 88.3 Å². The second kappa shape index (κ2) is 6.40. The van der Waals surface area contributed by atoms with Crippen molar-refractivity contribution < 1.29 is 9.90 Å². The van der Waals surface area contributed by atoms with Crippen molar-refractivity contribution >= 4 is 17.4 Å². The number of nitrogens with zero attached hydrogens (tertiary/aromatic N) is 2. The predicted molar refractivity (Wildman–Crippen MR) is 99.6 cm³/mol. The van der Waals surface area contributed by atoms with E-state index in [1.54, 1.807) is 29.0 Å². The maximum atomic E-state index is 12.4. The molecule has 1 aliphatic heterocycles. The van der Waals surface area contributed by atoms with Gasteiger partial charge in [0, 0.05) is 29.6 Å². The lowest BCUT2D eigenvalue weighted by atomic mass is 10.1. The smallest absolute Gasteiger partial charge is 0.326 e. The summed E-state index contributed by atoms with van der Waals surface area (Å²) in [5.74, 6) is 0.0927. The first kappa shape index (κ1) is 16.0. The number of fused-ring (bicyclic) bond motifs is 1. The summed E-state index contributed by atoms with van der Waals surface area (Å²) in [5, 5.41) is 12.4. The minimum absolute atomic E-state index is 0.0927. The standard InChI is InChI=1S/C20H17N3O3/c24-17-8-4-7-16(9-17)23-13-15-12-22(11-14-5-2-1-3-6-14)19(25)10-18(15)21-20(23)26/h1-10,12,24H,11,13H2,(H,21,26). The van der Waals surface area contributed by atoms with Crippen molar-refractivity contribution in [1.82, 2.24) is 4.57 Å². The van der Waals surface area contributed by atoms with Gasteiger partial charge in [0.05, 0.1) is 18.8 Å². The molecule has 1 aliphatic rings. The van der Waals surface area contributed by atoms with Crippen molar-refractivity contribution in [1.29, 1.82) is 0 Å². The molecule has 3 aromatic rings. The van der Waals surface area contributed by atoms with Gasteiger partial charge in [-0.1, -0.05) is 36.4 Å². The van der Waals surface area contributed by atoms with Crippen molar-refractivity contribution in [2.45, 2.75) is 13.1 Å². The summed E-state index contributed by atoms with van der Waals surface area (Å²) < 4.78 is 1.63. The van der Waals surface area contributed by atoms with Crippen LogP contribution in [-0.4, -0.2) is 15.7 Å². The van der Waals surface area contributed by atoms with E-state index in [1.165, 1.54) is 17.0 Å². The third-order valence-electron chi connectivity index (χ3n) is 4.36. The fraction of sp³-hybridized carbons (Fsp3) is 0.100. The van der Waals surface area contributed by atoms with Crippen molar-refractivity contribution in [3.63, 3.8) is 0 Å². The molecule has 0 radical (unpaired) electrons. The van der Waals surface area contributed by atoms with Gasteiger partial charge in [0.1, 0.15) is 5.75 Å². The largest absolute Gasteiger partial charge is 0.508 e. The van der Waals surface area contributed by atoms with E-state index in [9.17, 15) is 14.7 Å². The van der Waals surface area contributed by atoms with Crippen LogP contribution < -0.4 is 15.8 Å². The number of hydrogen-bond donors (Lipinski definition) is 2. The highest BCUT2D eigenvalue weighted by atomic mass is 16.3. The predicted octanol–water partition coefficient (Wildman–Crippen LogP) is 3.15. The summed E-state index contributed by atoms with van der Waals surface area (Å²) in [6.07, 6.45) is 1.78. The number of hydrogen-bond acceptors (Lipinski definition) is 3. The van der Waals surface area contributed by atoms with Crippen LogP contribution in [0.5, 0.6) is 5.75 Å². The van der Waals surface area contributed by atoms with Crippen LogP contribution in [0.1, 0.15) is 11.1 Å². The summed E-state index contributed by atoms with van der Waals surface area (Å²) >= 11 is 0. The molecule has 4 rings (SSSR count). The van der Waals surface area contributed by atoms with Gasteiger partial charge in [-0.05, 0) is 17.7 Å². The van der Waals surface area contributed by atoms with Crippen LogP contribution in [0.3, 0.4) is 0 Å². The molecule has 26 heavy (non-hydrogen) atoms. The molecule has 130 valence electrons. The van der Waals surface area contributed by atoms with Gasteiger partial charge >= 0.3 is 6.03 Å². The Morgan fingerprint density at radius 2 is 1.81 bits per heavy atom. The molecule has 1 aromatic heterocycles. The molecule has 2 heterocycles. The van der Waals surface area contributed by atoms with Crippen LogP contribution in [0.25, 0.3) is 0 Å². The van der Waals surface area contributed by atoms with Gasteiger partial charge in [-0.15, -0.1) is 0 Å². The number of carbonyl (C=O) groups is 1. The average Bonchev–Trinajstić information content (AvgIpc) is 2.63. The lowest BCUT2D eigenvalue weighted by molar-refractivity contribution is 0.256. The maximum Gasteiger partial charge on any atom is 0.326 e. The van der Waals surface area contributed by atoms with E-state index >= 15 is 0 Å². The molecule has 6 nitrogen and oxygen atoms in total. The Balaban J connectivity index is 1.68. The van der Waals surface area contributed by atoms with E-state index in [0.717, 1.165) is 11.1 Å². The van der Waals surface area contributed by atoms with Gasteiger partial charge < -0.3 is 15.0 Å². The first-order valence-corrected chi connectivity index (χ1v) is 8.25. The first-order valence-electron chi connectivity index (χ1n) is 8.25. The molecule has 2 amide bonds. The maximum absolute atomic E-state index is 12.4. The van der Waals surface area contributed by atoms with Crippen LogP contribution in [0.2, 0.25) is 0 Å². The number of benzene rings is 2. The van der Waals surface area contributed by atoms with E-state index in [4.69, 9.17) is 0 Å². The fourth-order valence-electron chi connectivity index (χ4n) is 3.06. The van der Waals surface area contributed by atoms with Crippen molar-refractivity contribution in [2.24, 2.45) is 0 Å². The summed E-state index contributed by atoms with van der Waals surface area (Å²) in [6, 6.07) is 17.4. The molecule has 0 saturated carbocycles. The second-order valence-electron chi connectivity index (χ2n) is 6.20. The topological polar surface area (TPSA) is 74.6 Å². The summed E-state index contributed by atoms with van der Waals surface area (Å²) in [6.45, 7) is 0.784. The highest BCUT2D eigenvalue weighted by Crippen LogP contribution is 2.28. The lowest BCUT2D eigenvalue weighted by Gasteiger charge is -2.29. The van der Waals surface area contributed by atoms with Crippen LogP contribution in [0.4, 0.5) is 16.2 Å². The number of aromatic nitrogens is 1. The number of anilines is 2. The number of aromatic hydroxyl groups is 1. The second-order valence-corrected chi connectivity index (χ2v) is 6.20. The van der Waals surface area contributed by atoms with Crippen molar-refractivity contribution in [3.8, 4) is 5.75 Å². The van der Waals surface area contributed by atoms with Gasteiger partial charge in [-0.25, -0.2) is 4.79 Å². The Hall–Kier alpha value is -3.54. The first-order chi connectivity index (χ1) is 12.6. The van der Waals surface area contributed by atoms with Gasteiger partial charge in [0.2, 0.25) is 0 Å². The highest BCUT2D eigenvalue weighted by Gasteiger charge is 2.25. The number of phenols is 1. The fourth-order valence-corrected chi connectivity index (χ4v) is 3.06. The quantitative estimate of drug-likeness (QED) is 0.764. The minimum atomic E-state index is -0.330. The van der Waals surface area contributed by atoms with E-state index in [0.29, 0.717) is 24.5 Å². The van der Waals surface area contributed by atoms with E-state index in [2.05, 4.69) is 5.32 Å². The molecule has 6 heteroatoms. The summed E-state index contributed by atoms with van der Waals surface area (Å²) in [4.78, 5) is 26.3. The zero-order chi connectivity index (χ0) is 18.1. The number of carbonyl (C=O) groups excluding carboxylic acids is 1. The van der Waals surface area contributed by atoms with Gasteiger partial charge in [-0.2, -0.15) is 0 Å². The number of pyridine rings is 1. The van der Waals surface area contributed by atoms with E-state index < -0.39 is 0 Å². The molecular weight excluding hydrogens is 330 g/mol. The Morgan fingerprint density at radius 3 is 2.58 bits per heavy atom. The van der Waals surface area contributed by atoms with Gasteiger partial charge in [0.15, 0.2) is 0 Å². The van der Waals surface area contributed by atoms with Gasteiger partial charge in [-0.3, -0.25) is 9.69 Å². The van der Waals surface area contributed by atoms with Crippen LogP contribution >= 0.6 is 0 Å². The lowest BCUT2D eigenvalue weighted by Crippen LogP contribution is -2.40. The molecule has 0 unspecified atom stereocenters. The Labute approximate surface area is 149 Å². The third kappa shape index (κ3) is 3.04. The number of phenolic OH excluding ortho intramolecular Hbond substituents is 1. The molecule has 0 bridgehead atoms. The third-order valence-corrected chi connectivity index (χ3v) is 4.36. The zero-order valence-corrected chi connectivity index (χ0v) is 13.9. The molecule has 0 atom stereocenters. The summed E-state index contributed by atoms with van der Waals surface area (Å²) in [7, 11) is 0. The molecule has 0 spiro atoms. The monoisotopic (exact) mass is 347 g/mol. The van der Waals surface area contributed by atoms with Gasteiger partial charge in [0.25, 0.3) is 5.56 Å². The zero-order valence-electron chi connectivity index (χ0n) is 13.9. The molecule has 2 aromatic carbocycles. The van der Waals surface area contributed by atoms with Crippen LogP contribution in [0.15, 0.2) is 71.7 Å². The molecular formula is C20H17N3O3. The molecule has 0 saturated heterocycles. The van der Waals surface area contributed by atoms with Crippen LogP contribution in [0, 0.1) is 0 Å². The number of amides is 2. The number of rotatable bonds is 3. The molecule has 2 N–H and O–H groups in total. The Morgan fingerprint density at radius 1 is 1.00 bits per heavy atom. The van der Waals surface area contributed by atoms with Crippen molar-refractivity contribution in [2.75, 3.05) is 10.2 Å². The Kier molecular flexibility index (Phi) is 3.93.